The zero-order valence-electron chi connectivity index (χ0n) is 49.1. The molecule has 2 aliphatic heterocycles. The number of piperidine rings is 2. The fourth-order valence-corrected chi connectivity index (χ4v) is 9.75. The smallest absolute Gasteiger partial charge is 0.410 e. The molecule has 0 spiro atoms. The standard InChI is InChI=1S/C61H108N2O14/c1-6-10-14-18-22-26-31-55(64)72-46-51(47-73-56(65)32-27-23-19-15-11-7-2)41-59(68)76-53-43-54(45-63(44-53)61(70)71-40-30-37-62-38-35-50(5)36-39-62)77-60(69)42-52(48-74-57(66)33-28-24-20-16-12-8-3)49-75-58(67)34-29-25-21-17-13-9-4/h50-54H,6-49H2,1-5H3/t53-,54+. The summed E-state index contributed by atoms with van der Waals surface area (Å²) in [5.41, 5.74) is 0. The number of hydrogen-bond acceptors (Lipinski definition) is 15. The SMILES string of the molecule is CCCCCCCCC(=O)OCC(COC(=O)CCCCCCCC)CC(=O)O[C@@H]1C[C@H](OC(=O)CC(COC(=O)CCCCCCCC)COC(=O)CCCCCCCC)CN(C(=O)OCCCN2CCC(C)CC2)C1. The van der Waals surface area contributed by atoms with E-state index in [9.17, 15) is 33.6 Å². The second-order valence-electron chi connectivity index (χ2n) is 22.3. The van der Waals surface area contributed by atoms with Gasteiger partial charge in [0.2, 0.25) is 0 Å². The second-order valence-corrected chi connectivity index (χ2v) is 22.3. The molecule has 0 bridgehead atoms. The van der Waals surface area contributed by atoms with Gasteiger partial charge in [0.05, 0.1) is 59.0 Å². The minimum Gasteiger partial charge on any atom is -0.465 e. The zero-order chi connectivity index (χ0) is 56.1. The second kappa shape index (κ2) is 45.9. The largest absolute Gasteiger partial charge is 0.465 e. The Balaban J connectivity index is 2.18. The maximum Gasteiger partial charge on any atom is 0.410 e. The number of unbranched alkanes of at least 4 members (excludes halogenated alkanes) is 20. The van der Waals surface area contributed by atoms with E-state index in [1.807, 2.05) is 0 Å². The van der Waals surface area contributed by atoms with Gasteiger partial charge in [-0.2, -0.15) is 0 Å². The van der Waals surface area contributed by atoms with Gasteiger partial charge in [-0.05, 0) is 64.0 Å². The third-order valence-electron chi connectivity index (χ3n) is 14.7. The highest BCUT2D eigenvalue weighted by Gasteiger charge is 2.36. The van der Waals surface area contributed by atoms with Crippen LogP contribution in [0.3, 0.4) is 0 Å². The molecule has 0 aromatic carbocycles. The number of carbonyl (C=O) groups excluding carboxylic acids is 7. The van der Waals surface area contributed by atoms with Crippen molar-refractivity contribution in [2.45, 2.75) is 265 Å². The number of hydrogen-bond donors (Lipinski definition) is 0. The van der Waals surface area contributed by atoms with Crippen molar-refractivity contribution in [3.63, 3.8) is 0 Å². The van der Waals surface area contributed by atoms with Gasteiger partial charge in [0.25, 0.3) is 0 Å². The van der Waals surface area contributed by atoms with Crippen LogP contribution >= 0.6 is 0 Å². The summed E-state index contributed by atoms with van der Waals surface area (Å²) in [6, 6.07) is 0. The van der Waals surface area contributed by atoms with Crippen LogP contribution in [0, 0.1) is 17.8 Å². The molecule has 77 heavy (non-hydrogen) atoms. The molecule has 2 heterocycles. The number of esters is 6. The van der Waals surface area contributed by atoms with Crippen LogP contribution < -0.4 is 0 Å². The Bertz CT molecular complexity index is 1430. The van der Waals surface area contributed by atoms with Gasteiger partial charge in [0.15, 0.2) is 0 Å². The van der Waals surface area contributed by atoms with Crippen LogP contribution in [0.1, 0.15) is 253 Å². The molecule has 0 unspecified atom stereocenters. The molecule has 16 heteroatoms. The van der Waals surface area contributed by atoms with E-state index in [4.69, 9.17) is 33.2 Å². The van der Waals surface area contributed by atoms with E-state index in [-0.39, 0.29) is 115 Å². The first-order valence-corrected chi connectivity index (χ1v) is 31.0. The van der Waals surface area contributed by atoms with Crippen LogP contribution in [0.2, 0.25) is 0 Å². The number of ether oxygens (including phenoxy) is 7. The normalized spacial score (nSPS) is 16.1. The predicted octanol–water partition coefficient (Wildman–Crippen LogP) is 13.0. The Morgan fingerprint density at radius 1 is 0.416 bits per heavy atom. The van der Waals surface area contributed by atoms with Crippen molar-refractivity contribution in [2.75, 3.05) is 65.8 Å². The summed E-state index contributed by atoms with van der Waals surface area (Å²) in [6.45, 7) is 13.3. The summed E-state index contributed by atoms with van der Waals surface area (Å²) in [7, 11) is 0. The number of rotatable bonds is 46. The van der Waals surface area contributed by atoms with Crippen molar-refractivity contribution in [1.29, 1.82) is 0 Å². The van der Waals surface area contributed by atoms with Crippen LogP contribution in [0.5, 0.6) is 0 Å². The molecule has 16 nitrogen and oxygen atoms in total. The first-order valence-electron chi connectivity index (χ1n) is 31.0. The zero-order valence-corrected chi connectivity index (χ0v) is 49.1. The summed E-state index contributed by atoms with van der Waals surface area (Å²) in [5.74, 6) is -3.48. The molecule has 2 saturated heterocycles. The molecular formula is C61H108N2O14. The molecule has 446 valence electrons. The van der Waals surface area contributed by atoms with E-state index < -0.39 is 42.1 Å². The Kier molecular flexibility index (Phi) is 41.2. The molecule has 0 radical (unpaired) electrons. The Hall–Kier alpha value is -3.95. The molecule has 2 atom stereocenters. The van der Waals surface area contributed by atoms with Crippen LogP contribution in [0.15, 0.2) is 0 Å². The Labute approximate surface area is 465 Å². The van der Waals surface area contributed by atoms with Crippen LogP contribution in [0.4, 0.5) is 4.79 Å². The summed E-state index contributed by atoms with van der Waals surface area (Å²) >= 11 is 0. The van der Waals surface area contributed by atoms with E-state index in [0.717, 1.165) is 161 Å². The molecule has 2 fully saturated rings. The molecule has 0 saturated carbocycles. The lowest BCUT2D eigenvalue weighted by molar-refractivity contribution is -0.166. The van der Waals surface area contributed by atoms with Gasteiger partial charge in [-0.3, -0.25) is 28.8 Å². The molecule has 1 amide bonds. The summed E-state index contributed by atoms with van der Waals surface area (Å²) in [6.07, 6.45) is 25.5. The maximum atomic E-state index is 13.8. The number of carbonyl (C=O) groups is 7. The van der Waals surface area contributed by atoms with Gasteiger partial charge in [0, 0.05) is 50.5 Å². The van der Waals surface area contributed by atoms with Crippen molar-refractivity contribution in [1.82, 2.24) is 9.80 Å². The third-order valence-corrected chi connectivity index (χ3v) is 14.7. The number of likely N-dealkylation sites (tertiary alicyclic amines) is 2. The first kappa shape index (κ1) is 69.2. The molecule has 0 N–H and O–H groups in total. The average molecular weight is 1090 g/mol. The lowest BCUT2D eigenvalue weighted by atomic mass is 9.99. The monoisotopic (exact) mass is 1090 g/mol. The number of amides is 1. The van der Waals surface area contributed by atoms with Crippen LogP contribution in [0.25, 0.3) is 0 Å². The minimum absolute atomic E-state index is 0.0144. The molecule has 0 aromatic heterocycles. The minimum atomic E-state index is -0.898. The fourth-order valence-electron chi connectivity index (χ4n) is 9.75. The van der Waals surface area contributed by atoms with Gasteiger partial charge >= 0.3 is 41.9 Å². The van der Waals surface area contributed by atoms with Crippen molar-refractivity contribution >= 4 is 41.9 Å². The van der Waals surface area contributed by atoms with Gasteiger partial charge < -0.3 is 43.0 Å². The van der Waals surface area contributed by atoms with Crippen molar-refractivity contribution in [2.24, 2.45) is 17.8 Å². The van der Waals surface area contributed by atoms with E-state index >= 15 is 0 Å². The Morgan fingerprint density at radius 3 is 1.08 bits per heavy atom. The predicted molar refractivity (Wildman–Crippen MR) is 299 cm³/mol. The van der Waals surface area contributed by atoms with Crippen LogP contribution in [-0.4, -0.2) is 130 Å². The van der Waals surface area contributed by atoms with Gasteiger partial charge in [-0.25, -0.2) is 4.79 Å². The van der Waals surface area contributed by atoms with E-state index in [2.05, 4.69) is 39.5 Å². The molecule has 2 aliphatic rings. The average Bonchev–Trinajstić information content (AvgIpc) is 3.41. The van der Waals surface area contributed by atoms with E-state index in [1.165, 1.54) is 4.90 Å². The van der Waals surface area contributed by atoms with Crippen molar-refractivity contribution < 1.29 is 66.7 Å². The molecule has 0 aliphatic carbocycles. The van der Waals surface area contributed by atoms with Gasteiger partial charge in [0.1, 0.15) is 12.2 Å². The molecular weight excluding hydrogens is 985 g/mol. The first-order chi connectivity index (χ1) is 37.3. The maximum absolute atomic E-state index is 13.8. The van der Waals surface area contributed by atoms with Gasteiger partial charge in [-0.15, -0.1) is 0 Å². The topological polar surface area (TPSA) is 191 Å². The number of nitrogens with zero attached hydrogens (tertiary/aromatic N) is 2. The highest BCUT2D eigenvalue weighted by Crippen LogP contribution is 2.23. The van der Waals surface area contributed by atoms with Gasteiger partial charge in [-0.1, -0.05) is 163 Å². The van der Waals surface area contributed by atoms with Crippen molar-refractivity contribution in [3.05, 3.63) is 0 Å². The summed E-state index contributed by atoms with van der Waals surface area (Å²) < 4.78 is 40.3. The third kappa shape index (κ3) is 37.5. The highest BCUT2D eigenvalue weighted by atomic mass is 16.6. The van der Waals surface area contributed by atoms with E-state index in [1.54, 1.807) is 0 Å². The summed E-state index contributed by atoms with van der Waals surface area (Å²) in [4.78, 5) is 96.3. The lowest BCUT2D eigenvalue weighted by Gasteiger charge is -2.36. The quantitative estimate of drug-likeness (QED) is 0.0317. The highest BCUT2D eigenvalue weighted by molar-refractivity contribution is 5.73. The Morgan fingerprint density at radius 2 is 0.740 bits per heavy atom. The lowest BCUT2D eigenvalue weighted by Crippen LogP contribution is -2.51. The molecule has 0 aromatic rings. The van der Waals surface area contributed by atoms with Crippen molar-refractivity contribution in [3.8, 4) is 0 Å². The molecule has 2 rings (SSSR count). The fraction of sp³-hybridized carbons (Fsp3) is 0.885. The van der Waals surface area contributed by atoms with Crippen LogP contribution in [-0.2, 0) is 61.9 Å². The summed E-state index contributed by atoms with van der Waals surface area (Å²) in [5, 5.41) is 0. The van der Waals surface area contributed by atoms with E-state index in [0.29, 0.717) is 38.0 Å².